The number of benzene rings is 2. The van der Waals surface area contributed by atoms with E-state index in [2.05, 4.69) is 4.98 Å². The zero-order valence-electron chi connectivity index (χ0n) is 9.48. The molecule has 0 unspecified atom stereocenters. The Labute approximate surface area is 109 Å². The highest BCUT2D eigenvalue weighted by molar-refractivity contribution is 6.29. The van der Waals surface area contributed by atoms with Gasteiger partial charge in [-0.05, 0) is 29.8 Å². The van der Waals surface area contributed by atoms with E-state index in [9.17, 15) is 4.39 Å². The van der Waals surface area contributed by atoms with E-state index < -0.39 is 0 Å². The van der Waals surface area contributed by atoms with E-state index in [1.54, 1.807) is 16.7 Å². The minimum Gasteiger partial charge on any atom is -0.310 e. The lowest BCUT2D eigenvalue weighted by molar-refractivity contribution is 0.601. The average Bonchev–Trinajstić information content (AvgIpc) is 2.69. The van der Waals surface area contributed by atoms with Crippen LogP contribution in [0.2, 0.25) is 5.28 Å². The minimum absolute atomic E-state index is 0.230. The SMILES string of the molecule is Fc1ccccc1Cn1c(Cl)nc2ccccc21. The first-order chi connectivity index (χ1) is 8.75. The number of rotatable bonds is 2. The van der Waals surface area contributed by atoms with Gasteiger partial charge < -0.3 is 4.57 Å². The largest absolute Gasteiger partial charge is 0.310 e. The fourth-order valence-electron chi connectivity index (χ4n) is 1.99. The molecule has 4 heteroatoms. The summed E-state index contributed by atoms with van der Waals surface area (Å²) >= 11 is 6.10. The minimum atomic E-state index is -0.230. The Balaban J connectivity index is 2.10. The Bertz CT molecular complexity index is 706. The van der Waals surface area contributed by atoms with Gasteiger partial charge in [-0.15, -0.1) is 0 Å². The van der Waals surface area contributed by atoms with Crippen LogP contribution in [0.1, 0.15) is 5.56 Å². The standard InChI is InChI=1S/C14H10ClFN2/c15-14-17-12-7-3-4-8-13(12)18(14)9-10-5-1-2-6-11(10)16/h1-8H,9H2. The van der Waals surface area contributed by atoms with Crippen molar-refractivity contribution in [2.75, 3.05) is 0 Å². The van der Waals surface area contributed by atoms with Crippen molar-refractivity contribution in [2.24, 2.45) is 0 Å². The molecule has 0 saturated carbocycles. The highest BCUT2D eigenvalue weighted by atomic mass is 35.5. The van der Waals surface area contributed by atoms with Gasteiger partial charge in [-0.2, -0.15) is 0 Å². The van der Waals surface area contributed by atoms with Crippen LogP contribution in [0.4, 0.5) is 4.39 Å². The number of halogens is 2. The second kappa shape index (κ2) is 4.42. The summed E-state index contributed by atoms with van der Waals surface area (Å²) in [6.07, 6.45) is 0. The zero-order chi connectivity index (χ0) is 12.5. The maximum absolute atomic E-state index is 13.6. The molecular formula is C14H10ClFN2. The van der Waals surface area contributed by atoms with Crippen LogP contribution in [0.5, 0.6) is 0 Å². The normalized spacial score (nSPS) is 11.0. The summed E-state index contributed by atoms with van der Waals surface area (Å²) in [7, 11) is 0. The van der Waals surface area contributed by atoms with Crippen molar-refractivity contribution in [1.82, 2.24) is 9.55 Å². The molecule has 0 amide bonds. The van der Waals surface area contributed by atoms with E-state index in [4.69, 9.17) is 11.6 Å². The Hall–Kier alpha value is -1.87. The lowest BCUT2D eigenvalue weighted by Crippen LogP contribution is -2.01. The number of fused-ring (bicyclic) bond motifs is 1. The maximum atomic E-state index is 13.6. The molecule has 3 aromatic rings. The fourth-order valence-corrected chi connectivity index (χ4v) is 2.24. The van der Waals surface area contributed by atoms with Crippen molar-refractivity contribution in [1.29, 1.82) is 0 Å². The van der Waals surface area contributed by atoms with Crippen LogP contribution in [-0.4, -0.2) is 9.55 Å². The van der Waals surface area contributed by atoms with Gasteiger partial charge in [0.1, 0.15) is 5.82 Å². The monoisotopic (exact) mass is 260 g/mol. The topological polar surface area (TPSA) is 17.8 Å². The molecule has 1 heterocycles. The predicted molar refractivity (Wildman–Crippen MR) is 70.2 cm³/mol. The molecule has 2 aromatic carbocycles. The van der Waals surface area contributed by atoms with Crippen LogP contribution in [-0.2, 0) is 6.54 Å². The Morgan fingerprint density at radius 3 is 2.61 bits per heavy atom. The third-order valence-corrected chi connectivity index (χ3v) is 3.18. The second-order valence-electron chi connectivity index (χ2n) is 4.05. The van der Waals surface area contributed by atoms with Crippen LogP contribution in [0.15, 0.2) is 48.5 Å². The lowest BCUT2D eigenvalue weighted by atomic mass is 10.2. The van der Waals surface area contributed by atoms with Gasteiger partial charge >= 0.3 is 0 Å². The Morgan fingerprint density at radius 2 is 1.78 bits per heavy atom. The van der Waals surface area contributed by atoms with Gasteiger partial charge in [0.15, 0.2) is 0 Å². The molecule has 0 bridgehead atoms. The van der Waals surface area contributed by atoms with Crippen LogP contribution in [0, 0.1) is 5.82 Å². The van der Waals surface area contributed by atoms with E-state index in [1.807, 2.05) is 30.3 Å². The number of para-hydroxylation sites is 2. The average molecular weight is 261 g/mol. The molecule has 0 N–H and O–H groups in total. The first-order valence-corrected chi connectivity index (χ1v) is 5.97. The van der Waals surface area contributed by atoms with Gasteiger partial charge in [0.25, 0.3) is 0 Å². The molecule has 0 spiro atoms. The Morgan fingerprint density at radius 1 is 1.06 bits per heavy atom. The summed E-state index contributed by atoms with van der Waals surface area (Å²) in [5.41, 5.74) is 2.33. The van der Waals surface area contributed by atoms with Crippen molar-refractivity contribution in [3.63, 3.8) is 0 Å². The summed E-state index contributed by atoms with van der Waals surface area (Å²) in [5, 5.41) is 0.374. The Kier molecular flexibility index (Phi) is 2.76. The van der Waals surface area contributed by atoms with Crippen molar-refractivity contribution >= 4 is 22.6 Å². The molecular weight excluding hydrogens is 251 g/mol. The summed E-state index contributed by atoms with van der Waals surface area (Å²) < 4.78 is 15.4. The van der Waals surface area contributed by atoms with E-state index in [0.717, 1.165) is 11.0 Å². The molecule has 0 fully saturated rings. The molecule has 0 aliphatic rings. The summed E-state index contributed by atoms with van der Waals surface area (Å²) in [4.78, 5) is 4.24. The molecule has 90 valence electrons. The summed E-state index contributed by atoms with van der Waals surface area (Å²) in [6, 6.07) is 14.3. The van der Waals surface area contributed by atoms with Crippen LogP contribution in [0.25, 0.3) is 11.0 Å². The van der Waals surface area contributed by atoms with Crippen molar-refractivity contribution in [3.05, 3.63) is 65.2 Å². The van der Waals surface area contributed by atoms with Gasteiger partial charge in [0, 0.05) is 5.56 Å². The molecule has 0 saturated heterocycles. The fraction of sp³-hybridized carbons (Fsp3) is 0.0714. The first-order valence-electron chi connectivity index (χ1n) is 5.60. The highest BCUT2D eigenvalue weighted by Crippen LogP contribution is 2.21. The predicted octanol–water partition coefficient (Wildman–Crippen LogP) is 3.88. The molecule has 1 aromatic heterocycles. The first kappa shape index (κ1) is 11.2. The van der Waals surface area contributed by atoms with Crippen LogP contribution in [0.3, 0.4) is 0 Å². The molecule has 2 nitrogen and oxygen atoms in total. The molecule has 0 aliphatic heterocycles. The van der Waals surface area contributed by atoms with Gasteiger partial charge in [-0.25, -0.2) is 9.37 Å². The lowest BCUT2D eigenvalue weighted by Gasteiger charge is -2.06. The zero-order valence-corrected chi connectivity index (χ0v) is 10.2. The van der Waals surface area contributed by atoms with Gasteiger partial charge in [0.05, 0.1) is 17.6 Å². The van der Waals surface area contributed by atoms with E-state index >= 15 is 0 Å². The van der Waals surface area contributed by atoms with Crippen molar-refractivity contribution in [2.45, 2.75) is 6.54 Å². The molecule has 3 rings (SSSR count). The highest BCUT2D eigenvalue weighted by Gasteiger charge is 2.10. The summed E-state index contributed by atoms with van der Waals surface area (Å²) in [6.45, 7) is 0.381. The third kappa shape index (κ3) is 1.87. The van der Waals surface area contributed by atoms with Crippen LogP contribution >= 0.6 is 11.6 Å². The van der Waals surface area contributed by atoms with Crippen LogP contribution < -0.4 is 0 Å². The van der Waals surface area contributed by atoms with E-state index in [1.165, 1.54) is 6.07 Å². The summed E-state index contributed by atoms with van der Waals surface area (Å²) in [5.74, 6) is -0.230. The molecule has 0 radical (unpaired) electrons. The van der Waals surface area contributed by atoms with Gasteiger partial charge in [-0.1, -0.05) is 30.3 Å². The molecule has 0 aliphatic carbocycles. The number of imidazole rings is 1. The van der Waals surface area contributed by atoms with Gasteiger partial charge in [-0.3, -0.25) is 0 Å². The second-order valence-corrected chi connectivity index (χ2v) is 4.39. The molecule has 0 atom stereocenters. The van der Waals surface area contributed by atoms with E-state index in [0.29, 0.717) is 17.4 Å². The van der Waals surface area contributed by atoms with E-state index in [-0.39, 0.29) is 5.82 Å². The number of hydrogen-bond acceptors (Lipinski definition) is 1. The number of aromatic nitrogens is 2. The third-order valence-electron chi connectivity index (χ3n) is 2.89. The maximum Gasteiger partial charge on any atom is 0.204 e. The van der Waals surface area contributed by atoms with Crippen molar-refractivity contribution < 1.29 is 4.39 Å². The smallest absolute Gasteiger partial charge is 0.204 e. The van der Waals surface area contributed by atoms with Crippen molar-refractivity contribution in [3.8, 4) is 0 Å². The number of nitrogens with zero attached hydrogens (tertiary/aromatic N) is 2. The van der Waals surface area contributed by atoms with Gasteiger partial charge in [0.2, 0.25) is 5.28 Å². The number of hydrogen-bond donors (Lipinski definition) is 0. The quantitative estimate of drug-likeness (QED) is 0.684. The molecule has 18 heavy (non-hydrogen) atoms.